The van der Waals surface area contributed by atoms with E-state index >= 15 is 0 Å². The summed E-state index contributed by atoms with van der Waals surface area (Å²) in [5, 5.41) is 11.2. The number of hydrogen-bond donors (Lipinski definition) is 3. The van der Waals surface area contributed by atoms with Crippen molar-refractivity contribution in [2.24, 2.45) is 4.99 Å². The van der Waals surface area contributed by atoms with Gasteiger partial charge in [-0.05, 0) is 43.4 Å². The molecule has 0 spiro atoms. The Morgan fingerprint density at radius 3 is 2.82 bits per heavy atom. The first-order chi connectivity index (χ1) is 13.1. The van der Waals surface area contributed by atoms with E-state index in [-0.39, 0.29) is 24.0 Å². The van der Waals surface area contributed by atoms with Crippen molar-refractivity contribution in [3.05, 3.63) is 51.6 Å². The number of halogens is 1. The smallest absolute Gasteiger partial charge is 0.191 e. The Kier molecular flexibility index (Phi) is 8.75. The van der Waals surface area contributed by atoms with E-state index in [1.165, 1.54) is 22.0 Å². The van der Waals surface area contributed by atoms with Gasteiger partial charge < -0.3 is 15.6 Å². The van der Waals surface area contributed by atoms with E-state index < -0.39 is 0 Å². The summed E-state index contributed by atoms with van der Waals surface area (Å²) in [7, 11) is 0. The van der Waals surface area contributed by atoms with Crippen LogP contribution in [0.3, 0.4) is 0 Å². The first-order valence-electron chi connectivity index (χ1n) is 9.60. The van der Waals surface area contributed by atoms with Crippen LogP contribution in [0, 0.1) is 6.92 Å². The van der Waals surface area contributed by atoms with Gasteiger partial charge in [0, 0.05) is 35.6 Å². The molecule has 0 atom stereocenters. The van der Waals surface area contributed by atoms with E-state index in [1.807, 2.05) is 0 Å². The zero-order valence-corrected chi connectivity index (χ0v) is 20.2. The summed E-state index contributed by atoms with van der Waals surface area (Å²) in [6, 6.07) is 6.56. The highest BCUT2D eigenvalue weighted by atomic mass is 127. The fourth-order valence-electron chi connectivity index (χ4n) is 2.97. The molecule has 152 valence electrons. The van der Waals surface area contributed by atoms with Crippen LogP contribution < -0.4 is 10.6 Å². The average molecular weight is 511 g/mol. The van der Waals surface area contributed by atoms with Crippen LogP contribution in [0.2, 0.25) is 0 Å². The van der Waals surface area contributed by atoms with Crippen LogP contribution in [0.25, 0.3) is 10.9 Å². The summed E-state index contributed by atoms with van der Waals surface area (Å²) in [6.45, 7) is 10.8. The van der Waals surface area contributed by atoms with E-state index in [0.717, 1.165) is 36.2 Å². The van der Waals surface area contributed by atoms with Crippen molar-refractivity contribution < 1.29 is 0 Å². The molecule has 1 aromatic carbocycles. The molecule has 0 aliphatic carbocycles. The summed E-state index contributed by atoms with van der Waals surface area (Å²) < 4.78 is 0. The molecule has 28 heavy (non-hydrogen) atoms. The number of rotatable bonds is 7. The van der Waals surface area contributed by atoms with Crippen LogP contribution in [-0.4, -0.2) is 29.0 Å². The van der Waals surface area contributed by atoms with E-state index in [2.05, 4.69) is 83.1 Å². The van der Waals surface area contributed by atoms with Gasteiger partial charge in [-0.2, -0.15) is 0 Å². The first kappa shape index (κ1) is 22.7. The molecule has 0 radical (unpaired) electrons. The van der Waals surface area contributed by atoms with Crippen molar-refractivity contribution in [3.8, 4) is 0 Å². The van der Waals surface area contributed by atoms with E-state index in [0.29, 0.717) is 12.5 Å². The van der Waals surface area contributed by atoms with Crippen molar-refractivity contribution in [1.82, 2.24) is 20.6 Å². The van der Waals surface area contributed by atoms with Gasteiger partial charge >= 0.3 is 0 Å². The third-order valence-electron chi connectivity index (χ3n) is 4.49. The Hall–Kier alpha value is -1.61. The van der Waals surface area contributed by atoms with Crippen LogP contribution in [0.5, 0.6) is 0 Å². The predicted octanol–water partition coefficient (Wildman–Crippen LogP) is 4.97. The first-order valence-corrected chi connectivity index (χ1v) is 10.5. The van der Waals surface area contributed by atoms with E-state index in [1.54, 1.807) is 11.3 Å². The maximum atomic E-state index is 4.68. The number of hydrogen-bond acceptors (Lipinski definition) is 3. The van der Waals surface area contributed by atoms with E-state index in [9.17, 15) is 0 Å². The number of thiazole rings is 1. The number of nitrogens with one attached hydrogen (secondary N) is 3. The molecule has 0 fully saturated rings. The van der Waals surface area contributed by atoms with Gasteiger partial charge in [-0.25, -0.2) is 9.98 Å². The molecular weight excluding hydrogens is 481 g/mol. The summed E-state index contributed by atoms with van der Waals surface area (Å²) in [5.74, 6) is 1.31. The number of aryl methyl sites for hydroxylation is 1. The molecule has 3 aromatic rings. The number of guanidine groups is 1. The monoisotopic (exact) mass is 511 g/mol. The SMILES string of the molecule is CCNC(=NCc1nc(C(C)C)cs1)NCCc1c[nH]c2cc(C)ccc12.I. The molecule has 0 unspecified atom stereocenters. The summed E-state index contributed by atoms with van der Waals surface area (Å²) in [6.07, 6.45) is 3.06. The van der Waals surface area contributed by atoms with Gasteiger partial charge in [-0.3, -0.25) is 0 Å². The molecule has 5 nitrogen and oxygen atoms in total. The molecule has 2 heterocycles. The number of H-pyrrole nitrogens is 1. The Bertz CT molecular complexity index is 913. The van der Waals surface area contributed by atoms with Gasteiger partial charge in [0.1, 0.15) is 5.01 Å². The second-order valence-corrected chi connectivity index (χ2v) is 8.00. The zero-order chi connectivity index (χ0) is 19.2. The lowest BCUT2D eigenvalue weighted by Crippen LogP contribution is -2.38. The highest BCUT2D eigenvalue weighted by Gasteiger charge is 2.07. The second-order valence-electron chi connectivity index (χ2n) is 7.06. The molecule has 0 aliphatic rings. The Labute approximate surface area is 188 Å². The molecule has 0 aliphatic heterocycles. The molecular formula is C21H30IN5S. The van der Waals surface area contributed by atoms with Gasteiger partial charge in [0.2, 0.25) is 0 Å². The predicted molar refractivity (Wildman–Crippen MR) is 131 cm³/mol. The van der Waals surface area contributed by atoms with E-state index in [4.69, 9.17) is 0 Å². The van der Waals surface area contributed by atoms with Crippen molar-refractivity contribution in [1.29, 1.82) is 0 Å². The van der Waals surface area contributed by atoms with Crippen LogP contribution in [0.15, 0.2) is 34.8 Å². The van der Waals surface area contributed by atoms with Gasteiger partial charge in [-0.15, -0.1) is 35.3 Å². The molecule has 3 rings (SSSR count). The summed E-state index contributed by atoms with van der Waals surface area (Å²) >= 11 is 1.68. The number of aromatic nitrogens is 2. The van der Waals surface area contributed by atoms with Crippen LogP contribution in [0.1, 0.15) is 48.5 Å². The molecule has 0 saturated heterocycles. The summed E-state index contributed by atoms with van der Waals surface area (Å²) in [4.78, 5) is 12.7. The third-order valence-corrected chi connectivity index (χ3v) is 5.34. The maximum Gasteiger partial charge on any atom is 0.191 e. The third kappa shape index (κ3) is 5.94. The van der Waals surface area contributed by atoms with Gasteiger partial charge in [-0.1, -0.05) is 26.0 Å². The quantitative estimate of drug-likeness (QED) is 0.238. The van der Waals surface area contributed by atoms with Crippen molar-refractivity contribution in [2.45, 2.75) is 46.6 Å². The van der Waals surface area contributed by atoms with Gasteiger partial charge in [0.25, 0.3) is 0 Å². The molecule has 0 bridgehead atoms. The number of benzene rings is 1. The molecule has 7 heteroatoms. The molecule has 0 saturated carbocycles. The fourth-order valence-corrected chi connectivity index (χ4v) is 3.85. The zero-order valence-electron chi connectivity index (χ0n) is 17.0. The Balaban J connectivity index is 0.00000280. The summed E-state index contributed by atoms with van der Waals surface area (Å²) in [5.41, 5.74) is 4.96. The maximum absolute atomic E-state index is 4.68. The van der Waals surface area contributed by atoms with Gasteiger partial charge in [0.15, 0.2) is 5.96 Å². The second kappa shape index (κ2) is 10.8. The number of aromatic amines is 1. The topological polar surface area (TPSA) is 65.1 Å². The molecule has 3 N–H and O–H groups in total. The highest BCUT2D eigenvalue weighted by Crippen LogP contribution is 2.20. The number of nitrogens with zero attached hydrogens (tertiary/aromatic N) is 2. The molecule has 2 aromatic heterocycles. The van der Waals surface area contributed by atoms with Crippen LogP contribution in [0.4, 0.5) is 0 Å². The Morgan fingerprint density at radius 2 is 2.11 bits per heavy atom. The number of fused-ring (bicyclic) bond motifs is 1. The van der Waals surface area contributed by atoms with Crippen LogP contribution >= 0.6 is 35.3 Å². The number of aliphatic imine (C=N–C) groups is 1. The van der Waals surface area contributed by atoms with Crippen LogP contribution in [-0.2, 0) is 13.0 Å². The minimum Gasteiger partial charge on any atom is -0.361 e. The Morgan fingerprint density at radius 1 is 1.29 bits per heavy atom. The lowest BCUT2D eigenvalue weighted by atomic mass is 10.1. The largest absolute Gasteiger partial charge is 0.361 e. The van der Waals surface area contributed by atoms with Crippen molar-refractivity contribution in [3.63, 3.8) is 0 Å². The minimum atomic E-state index is 0. The standard InChI is InChI=1S/C21H29N5S.HI/c1-5-22-21(25-12-20-26-19(13-27-20)14(2)3)23-9-8-16-11-24-18-10-15(4)6-7-17(16)18;/h6-7,10-11,13-14,24H,5,8-9,12H2,1-4H3,(H2,22,23,25);1H. The lowest BCUT2D eigenvalue weighted by molar-refractivity contribution is 0.795. The fraction of sp³-hybridized carbons (Fsp3) is 0.429. The van der Waals surface area contributed by atoms with Gasteiger partial charge in [0.05, 0.1) is 12.2 Å². The van der Waals surface area contributed by atoms with Crippen molar-refractivity contribution >= 4 is 52.2 Å². The highest BCUT2D eigenvalue weighted by molar-refractivity contribution is 14.0. The average Bonchev–Trinajstić information content (AvgIpc) is 3.26. The normalized spacial score (nSPS) is 11.7. The van der Waals surface area contributed by atoms with Crippen molar-refractivity contribution in [2.75, 3.05) is 13.1 Å². The molecule has 0 amide bonds. The minimum absolute atomic E-state index is 0. The lowest BCUT2D eigenvalue weighted by Gasteiger charge is -2.10.